The average molecular weight is 252 g/mol. The van der Waals surface area contributed by atoms with Gasteiger partial charge in [0.05, 0.1) is 0 Å². The van der Waals surface area contributed by atoms with Crippen molar-refractivity contribution in [3.05, 3.63) is 33.7 Å². The molecule has 1 heterocycles. The summed E-state index contributed by atoms with van der Waals surface area (Å²) in [6, 6.07) is 3.22. The Morgan fingerprint density at radius 1 is 1.50 bits per heavy atom. The van der Waals surface area contributed by atoms with Gasteiger partial charge in [0.2, 0.25) is 0 Å². The molecule has 0 saturated heterocycles. The van der Waals surface area contributed by atoms with Crippen molar-refractivity contribution in [1.82, 2.24) is 10.3 Å². The van der Waals surface area contributed by atoms with E-state index in [1.807, 2.05) is 6.92 Å². The fraction of sp³-hybridized carbons (Fsp3) is 0.538. The van der Waals surface area contributed by atoms with Crippen LogP contribution in [-0.4, -0.2) is 29.1 Å². The first-order valence-electron chi connectivity index (χ1n) is 6.17. The van der Waals surface area contributed by atoms with Gasteiger partial charge >= 0.3 is 0 Å². The summed E-state index contributed by atoms with van der Waals surface area (Å²) in [6.45, 7) is 4.35. The number of aliphatic hydroxyl groups is 1. The molecule has 0 fully saturated rings. The average Bonchev–Trinajstić information content (AvgIpc) is 2.34. The van der Waals surface area contributed by atoms with E-state index < -0.39 is 0 Å². The smallest absolute Gasteiger partial charge is 0.260 e. The van der Waals surface area contributed by atoms with Crippen LogP contribution in [0.4, 0.5) is 0 Å². The van der Waals surface area contributed by atoms with Crippen molar-refractivity contribution in [3.63, 3.8) is 0 Å². The molecule has 0 aliphatic heterocycles. The van der Waals surface area contributed by atoms with Gasteiger partial charge in [-0.1, -0.05) is 13.3 Å². The predicted molar refractivity (Wildman–Crippen MR) is 69.6 cm³/mol. The molecule has 100 valence electrons. The van der Waals surface area contributed by atoms with Crippen molar-refractivity contribution < 1.29 is 9.90 Å². The largest absolute Gasteiger partial charge is 0.396 e. The molecule has 0 spiro atoms. The van der Waals surface area contributed by atoms with Crippen LogP contribution in [0.1, 0.15) is 35.8 Å². The highest BCUT2D eigenvalue weighted by atomic mass is 16.3. The number of carbonyl (C=O) groups excluding carboxylic acids is 1. The number of pyridine rings is 1. The van der Waals surface area contributed by atoms with Crippen molar-refractivity contribution in [2.45, 2.75) is 26.7 Å². The van der Waals surface area contributed by atoms with E-state index in [1.54, 1.807) is 13.0 Å². The molecule has 0 bridgehead atoms. The number of aliphatic hydroxyl groups excluding tert-OH is 1. The molecule has 0 saturated carbocycles. The van der Waals surface area contributed by atoms with Gasteiger partial charge in [0, 0.05) is 18.8 Å². The lowest BCUT2D eigenvalue weighted by molar-refractivity contribution is 0.0942. The number of H-pyrrole nitrogens is 1. The Labute approximate surface area is 106 Å². The monoisotopic (exact) mass is 252 g/mol. The Bertz CT molecular complexity index is 454. The van der Waals surface area contributed by atoms with Crippen molar-refractivity contribution in [2.75, 3.05) is 13.2 Å². The molecular formula is C13H20N2O3. The second-order valence-electron chi connectivity index (χ2n) is 4.38. The van der Waals surface area contributed by atoms with Gasteiger partial charge in [-0.05, 0) is 31.4 Å². The molecule has 1 amide bonds. The molecule has 18 heavy (non-hydrogen) atoms. The molecule has 1 rings (SSSR count). The Kier molecular flexibility index (Phi) is 5.58. The van der Waals surface area contributed by atoms with E-state index >= 15 is 0 Å². The van der Waals surface area contributed by atoms with Crippen LogP contribution >= 0.6 is 0 Å². The van der Waals surface area contributed by atoms with Crippen molar-refractivity contribution >= 4 is 5.91 Å². The predicted octanol–water partition coefficient (Wildman–Crippen LogP) is 0.822. The first kappa shape index (κ1) is 14.4. The quantitative estimate of drug-likeness (QED) is 0.701. The fourth-order valence-electron chi connectivity index (χ4n) is 1.72. The maximum Gasteiger partial charge on any atom is 0.260 e. The number of hydrogen-bond acceptors (Lipinski definition) is 3. The van der Waals surface area contributed by atoms with Gasteiger partial charge < -0.3 is 15.4 Å². The van der Waals surface area contributed by atoms with Gasteiger partial charge in [-0.15, -0.1) is 0 Å². The zero-order valence-corrected chi connectivity index (χ0v) is 10.8. The number of aromatic nitrogens is 1. The lowest BCUT2D eigenvalue weighted by Crippen LogP contribution is -2.33. The van der Waals surface area contributed by atoms with E-state index in [-0.39, 0.29) is 29.6 Å². The number of rotatable bonds is 6. The number of amides is 1. The van der Waals surface area contributed by atoms with E-state index in [9.17, 15) is 9.59 Å². The Morgan fingerprint density at radius 2 is 2.22 bits per heavy atom. The SMILES string of the molecule is CCC(CCO)CNC(=O)c1ccc(C)[nH]c1=O. The highest BCUT2D eigenvalue weighted by Gasteiger charge is 2.12. The minimum absolute atomic E-state index is 0.111. The van der Waals surface area contributed by atoms with Gasteiger partial charge in [0.1, 0.15) is 5.56 Å². The second kappa shape index (κ2) is 6.96. The van der Waals surface area contributed by atoms with Crippen molar-refractivity contribution in [3.8, 4) is 0 Å². The summed E-state index contributed by atoms with van der Waals surface area (Å²) >= 11 is 0. The summed E-state index contributed by atoms with van der Waals surface area (Å²) in [5.74, 6) is -0.129. The van der Waals surface area contributed by atoms with Gasteiger partial charge in [-0.3, -0.25) is 9.59 Å². The fourth-order valence-corrected chi connectivity index (χ4v) is 1.72. The molecular weight excluding hydrogens is 232 g/mol. The minimum atomic E-state index is -0.372. The third-order valence-electron chi connectivity index (χ3n) is 2.97. The van der Waals surface area contributed by atoms with Crippen LogP contribution in [0.25, 0.3) is 0 Å². The van der Waals surface area contributed by atoms with E-state index in [4.69, 9.17) is 5.11 Å². The summed E-state index contributed by atoms with van der Waals surface area (Å²) in [6.07, 6.45) is 1.53. The van der Waals surface area contributed by atoms with Crippen LogP contribution < -0.4 is 10.9 Å². The third kappa shape index (κ3) is 4.00. The van der Waals surface area contributed by atoms with E-state index in [0.29, 0.717) is 13.0 Å². The minimum Gasteiger partial charge on any atom is -0.396 e. The van der Waals surface area contributed by atoms with Gasteiger partial charge in [0.15, 0.2) is 0 Å². The van der Waals surface area contributed by atoms with Gasteiger partial charge in [0.25, 0.3) is 11.5 Å². The molecule has 1 aromatic rings. The van der Waals surface area contributed by atoms with Gasteiger partial charge in [-0.25, -0.2) is 0 Å². The number of hydrogen-bond donors (Lipinski definition) is 3. The Hall–Kier alpha value is -1.62. The zero-order valence-electron chi connectivity index (χ0n) is 10.8. The van der Waals surface area contributed by atoms with Crippen LogP contribution in [0, 0.1) is 12.8 Å². The zero-order chi connectivity index (χ0) is 13.5. The Morgan fingerprint density at radius 3 is 2.78 bits per heavy atom. The molecule has 0 radical (unpaired) electrons. The molecule has 0 aliphatic carbocycles. The molecule has 3 N–H and O–H groups in total. The molecule has 0 aliphatic rings. The van der Waals surface area contributed by atoms with E-state index in [2.05, 4.69) is 10.3 Å². The van der Waals surface area contributed by atoms with Gasteiger partial charge in [-0.2, -0.15) is 0 Å². The maximum absolute atomic E-state index is 11.8. The molecule has 0 aromatic carbocycles. The standard InChI is InChI=1S/C13H20N2O3/c1-3-10(6-7-16)8-14-12(17)11-5-4-9(2)15-13(11)18/h4-5,10,16H,3,6-8H2,1-2H3,(H,14,17)(H,15,18). The second-order valence-corrected chi connectivity index (χ2v) is 4.38. The normalized spacial score (nSPS) is 12.2. The van der Waals surface area contributed by atoms with Crippen molar-refractivity contribution in [1.29, 1.82) is 0 Å². The van der Waals surface area contributed by atoms with Crippen LogP contribution in [0.2, 0.25) is 0 Å². The van der Waals surface area contributed by atoms with Crippen LogP contribution in [0.15, 0.2) is 16.9 Å². The number of aryl methyl sites for hydroxylation is 1. The first-order valence-corrected chi connectivity index (χ1v) is 6.17. The van der Waals surface area contributed by atoms with Crippen molar-refractivity contribution in [2.24, 2.45) is 5.92 Å². The van der Waals surface area contributed by atoms with Crippen LogP contribution in [0.5, 0.6) is 0 Å². The molecule has 5 nitrogen and oxygen atoms in total. The Balaban J connectivity index is 2.62. The van der Waals surface area contributed by atoms with Crippen LogP contribution in [-0.2, 0) is 0 Å². The van der Waals surface area contributed by atoms with Crippen LogP contribution in [0.3, 0.4) is 0 Å². The lowest BCUT2D eigenvalue weighted by atomic mass is 10.0. The van der Waals surface area contributed by atoms with E-state index in [0.717, 1.165) is 12.1 Å². The highest BCUT2D eigenvalue weighted by Crippen LogP contribution is 2.05. The summed E-state index contributed by atoms with van der Waals surface area (Å²) in [4.78, 5) is 26.0. The lowest BCUT2D eigenvalue weighted by Gasteiger charge is -2.14. The van der Waals surface area contributed by atoms with E-state index in [1.165, 1.54) is 6.07 Å². The summed E-state index contributed by atoms with van der Waals surface area (Å²) in [5.41, 5.74) is 0.477. The summed E-state index contributed by atoms with van der Waals surface area (Å²) in [5, 5.41) is 11.6. The number of nitrogens with one attached hydrogen (secondary N) is 2. The molecule has 1 unspecified atom stereocenters. The molecule has 1 atom stereocenters. The summed E-state index contributed by atoms with van der Waals surface area (Å²) in [7, 11) is 0. The first-order chi connectivity index (χ1) is 8.58. The molecule has 1 aromatic heterocycles. The highest BCUT2D eigenvalue weighted by molar-refractivity contribution is 5.93. The topological polar surface area (TPSA) is 82.2 Å². The third-order valence-corrected chi connectivity index (χ3v) is 2.97. The maximum atomic E-state index is 11.8. The summed E-state index contributed by atoms with van der Waals surface area (Å²) < 4.78 is 0. The number of aromatic amines is 1. The molecule has 5 heteroatoms. The number of carbonyl (C=O) groups is 1.